The average molecular weight is 360 g/mol. The first-order valence-corrected chi connectivity index (χ1v) is 9.27. The van der Waals surface area contributed by atoms with Crippen molar-refractivity contribution >= 4 is 11.8 Å². The second-order valence-corrected chi connectivity index (χ2v) is 9.08. The van der Waals surface area contributed by atoms with Gasteiger partial charge in [-0.05, 0) is 18.1 Å². The van der Waals surface area contributed by atoms with Crippen molar-refractivity contribution in [1.29, 1.82) is 0 Å². The number of piperazine rings is 1. The predicted octanol–water partition coefficient (Wildman–Crippen LogP) is 4.87. The summed E-state index contributed by atoms with van der Waals surface area (Å²) in [4.78, 5) is 3.29. The van der Waals surface area contributed by atoms with Crippen LogP contribution in [0, 0.1) is 0 Å². The lowest BCUT2D eigenvalue weighted by Crippen LogP contribution is -2.45. The molecule has 0 spiro atoms. The van der Waals surface area contributed by atoms with Crippen LogP contribution in [0.5, 0.6) is 0 Å². The van der Waals surface area contributed by atoms with E-state index in [1.165, 1.54) is 0 Å². The van der Waals surface area contributed by atoms with Gasteiger partial charge in [0.05, 0.1) is 0 Å². The molecule has 1 aromatic carbocycles. The highest BCUT2D eigenvalue weighted by molar-refractivity contribution is 8.00. The number of hydrogen-bond donors (Lipinski definition) is 1. The third-order valence-electron chi connectivity index (χ3n) is 3.99. The molecule has 1 aromatic rings. The Hall–Kier alpha value is -0.720. The number of hydrogen-bond acceptors (Lipinski definition) is 3. The Balaban J connectivity index is 2.28. The van der Waals surface area contributed by atoms with Gasteiger partial charge >= 0.3 is 6.18 Å². The molecule has 24 heavy (non-hydrogen) atoms. The Bertz CT molecular complexity index is 520. The van der Waals surface area contributed by atoms with Crippen molar-refractivity contribution in [2.45, 2.75) is 55.5 Å². The number of nitrogens with zero attached hydrogens (tertiary/aromatic N) is 1. The molecule has 1 heterocycles. The van der Waals surface area contributed by atoms with Crippen LogP contribution >= 0.6 is 11.8 Å². The normalized spacial score (nSPS) is 18.6. The largest absolute Gasteiger partial charge is 0.389 e. The highest BCUT2D eigenvalue weighted by Gasteiger charge is 2.32. The zero-order valence-electron chi connectivity index (χ0n) is 14.6. The Morgan fingerprint density at radius 1 is 1.12 bits per heavy atom. The molecule has 2 nitrogen and oxygen atoms in total. The van der Waals surface area contributed by atoms with E-state index in [0.717, 1.165) is 36.6 Å². The lowest BCUT2D eigenvalue weighted by Gasteiger charge is -2.36. The fourth-order valence-electron chi connectivity index (χ4n) is 3.01. The maximum absolute atomic E-state index is 12.8. The smallest absolute Gasteiger partial charge is 0.314 e. The van der Waals surface area contributed by atoms with Crippen LogP contribution in [0.2, 0.25) is 0 Å². The van der Waals surface area contributed by atoms with Gasteiger partial charge in [0, 0.05) is 48.3 Å². The molecule has 0 aliphatic carbocycles. The summed E-state index contributed by atoms with van der Waals surface area (Å²) in [6, 6.07) is 7.76. The minimum atomic E-state index is -4.11. The molecule has 1 N–H and O–H groups in total. The van der Waals surface area contributed by atoms with E-state index in [4.69, 9.17) is 0 Å². The molecule has 0 radical (unpaired) electrons. The van der Waals surface area contributed by atoms with Crippen LogP contribution < -0.4 is 5.32 Å². The molecule has 0 bridgehead atoms. The van der Waals surface area contributed by atoms with Gasteiger partial charge in [-0.3, -0.25) is 4.90 Å². The van der Waals surface area contributed by atoms with E-state index in [2.05, 4.69) is 31.0 Å². The van der Waals surface area contributed by atoms with E-state index in [0.29, 0.717) is 0 Å². The second-order valence-electron chi connectivity index (χ2n) is 7.21. The fraction of sp³-hybridized carbons (Fsp3) is 0.667. The monoisotopic (exact) mass is 360 g/mol. The molecule has 1 aliphatic heterocycles. The van der Waals surface area contributed by atoms with Gasteiger partial charge < -0.3 is 5.32 Å². The van der Waals surface area contributed by atoms with Crippen LogP contribution in [0.25, 0.3) is 0 Å². The van der Waals surface area contributed by atoms with Gasteiger partial charge in [-0.15, -0.1) is 11.8 Å². The van der Waals surface area contributed by atoms with Gasteiger partial charge in [0.25, 0.3) is 0 Å². The summed E-state index contributed by atoms with van der Waals surface area (Å²) >= 11 is 1.73. The topological polar surface area (TPSA) is 15.3 Å². The molecule has 0 amide bonds. The quantitative estimate of drug-likeness (QED) is 0.755. The number of nitrogens with one attached hydrogen (secondary N) is 1. The van der Waals surface area contributed by atoms with Gasteiger partial charge in [-0.1, -0.05) is 39.0 Å². The van der Waals surface area contributed by atoms with E-state index in [9.17, 15) is 13.2 Å². The summed E-state index contributed by atoms with van der Waals surface area (Å²) in [5, 5.41) is 3.28. The van der Waals surface area contributed by atoms with Crippen molar-refractivity contribution in [3.63, 3.8) is 0 Å². The van der Waals surface area contributed by atoms with Gasteiger partial charge in [0.1, 0.15) is 0 Å². The molecular weight excluding hydrogens is 333 g/mol. The number of halogens is 3. The van der Waals surface area contributed by atoms with Crippen molar-refractivity contribution in [2.24, 2.45) is 0 Å². The van der Waals surface area contributed by atoms with E-state index in [1.807, 2.05) is 24.3 Å². The standard InChI is InChI=1S/C18H27F3N2S/c1-17(2,3)24-16-7-5-4-6-14(16)15(8-9-18(19,20)21)23-12-10-22-11-13-23/h4-7,15,22H,8-13H2,1-3H3/t15-/m0/s1. The van der Waals surface area contributed by atoms with E-state index >= 15 is 0 Å². The SMILES string of the molecule is CC(C)(C)Sc1ccccc1[C@H](CCC(F)(F)F)N1CCNCC1. The first-order chi connectivity index (χ1) is 11.2. The first kappa shape index (κ1) is 19.6. The summed E-state index contributed by atoms with van der Waals surface area (Å²) < 4.78 is 38.5. The maximum Gasteiger partial charge on any atom is 0.389 e. The number of thioether (sulfide) groups is 1. The predicted molar refractivity (Wildman–Crippen MR) is 94.5 cm³/mol. The van der Waals surface area contributed by atoms with Gasteiger partial charge in [-0.2, -0.15) is 13.2 Å². The van der Waals surface area contributed by atoms with E-state index in [1.54, 1.807) is 11.8 Å². The maximum atomic E-state index is 12.8. The Labute approximate surface area is 147 Å². The van der Waals surface area contributed by atoms with Crippen LogP contribution in [-0.4, -0.2) is 42.0 Å². The van der Waals surface area contributed by atoms with Gasteiger partial charge in [0.2, 0.25) is 0 Å². The van der Waals surface area contributed by atoms with Crippen LogP contribution in [0.4, 0.5) is 13.2 Å². The van der Waals surface area contributed by atoms with Crippen LogP contribution in [-0.2, 0) is 0 Å². The molecule has 1 atom stereocenters. The lowest BCUT2D eigenvalue weighted by molar-refractivity contribution is -0.138. The molecule has 6 heteroatoms. The van der Waals surface area contributed by atoms with E-state index in [-0.39, 0.29) is 17.2 Å². The highest BCUT2D eigenvalue weighted by atomic mass is 32.2. The second kappa shape index (κ2) is 8.11. The zero-order chi connectivity index (χ0) is 17.8. The minimum absolute atomic E-state index is 0.0220. The molecule has 0 aromatic heterocycles. The number of benzene rings is 1. The molecule has 1 aliphatic rings. The van der Waals surface area contributed by atoms with Crippen molar-refractivity contribution in [3.8, 4) is 0 Å². The lowest BCUT2D eigenvalue weighted by atomic mass is 9.99. The molecule has 0 unspecified atom stereocenters. The molecular formula is C18H27F3N2S. The summed E-state index contributed by atoms with van der Waals surface area (Å²) in [5.41, 5.74) is 1.03. The molecule has 1 saturated heterocycles. The molecule has 2 rings (SSSR count). The molecule has 0 saturated carbocycles. The number of rotatable bonds is 5. The van der Waals surface area contributed by atoms with Crippen molar-refractivity contribution in [1.82, 2.24) is 10.2 Å². The Morgan fingerprint density at radius 3 is 2.33 bits per heavy atom. The van der Waals surface area contributed by atoms with Crippen molar-refractivity contribution < 1.29 is 13.2 Å². The van der Waals surface area contributed by atoms with Crippen LogP contribution in [0.3, 0.4) is 0 Å². The summed E-state index contributed by atoms with van der Waals surface area (Å²) in [5.74, 6) is 0. The Kier molecular flexibility index (Phi) is 6.62. The van der Waals surface area contributed by atoms with Gasteiger partial charge in [-0.25, -0.2) is 0 Å². The number of alkyl halides is 3. The average Bonchev–Trinajstić information content (AvgIpc) is 2.47. The summed E-state index contributed by atoms with van der Waals surface area (Å²) in [6.45, 7) is 9.63. The van der Waals surface area contributed by atoms with E-state index < -0.39 is 12.6 Å². The van der Waals surface area contributed by atoms with Crippen molar-refractivity contribution in [3.05, 3.63) is 29.8 Å². The van der Waals surface area contributed by atoms with Crippen molar-refractivity contribution in [2.75, 3.05) is 26.2 Å². The Morgan fingerprint density at radius 2 is 1.75 bits per heavy atom. The summed E-state index contributed by atoms with van der Waals surface area (Å²) in [6.07, 6.45) is -4.74. The highest BCUT2D eigenvalue weighted by Crippen LogP contribution is 2.40. The molecule has 1 fully saturated rings. The summed E-state index contributed by atoms with van der Waals surface area (Å²) in [7, 11) is 0. The fourth-order valence-corrected chi connectivity index (χ4v) is 4.14. The zero-order valence-corrected chi connectivity index (χ0v) is 15.4. The first-order valence-electron chi connectivity index (χ1n) is 8.45. The van der Waals surface area contributed by atoms with Crippen LogP contribution in [0.15, 0.2) is 29.2 Å². The van der Waals surface area contributed by atoms with Crippen LogP contribution in [0.1, 0.15) is 45.2 Å². The molecule has 136 valence electrons. The third-order valence-corrected chi connectivity index (χ3v) is 5.19. The minimum Gasteiger partial charge on any atom is -0.314 e. The van der Waals surface area contributed by atoms with Gasteiger partial charge in [0.15, 0.2) is 0 Å². The third kappa shape index (κ3) is 6.30.